The summed E-state index contributed by atoms with van der Waals surface area (Å²) in [7, 11) is 2.00. The Morgan fingerprint density at radius 3 is 2.73 bits per heavy atom. The van der Waals surface area contributed by atoms with E-state index < -0.39 is 14.3 Å². The van der Waals surface area contributed by atoms with Crippen LogP contribution in [0.5, 0.6) is 0 Å². The highest BCUT2D eigenvalue weighted by atomic mass is 35.7. The first-order chi connectivity index (χ1) is 6.95. The van der Waals surface area contributed by atoms with Crippen LogP contribution in [0.15, 0.2) is 0 Å². The van der Waals surface area contributed by atoms with Crippen molar-refractivity contribution < 1.29 is 8.42 Å². The fourth-order valence-corrected chi connectivity index (χ4v) is 3.34. The molecule has 0 aromatic heterocycles. The molecular formula is C10H20ClNO2S. The van der Waals surface area contributed by atoms with Gasteiger partial charge in [-0.3, -0.25) is 0 Å². The second kappa shape index (κ2) is 5.51. The van der Waals surface area contributed by atoms with Crippen molar-refractivity contribution in [1.82, 2.24) is 4.90 Å². The Balaban J connectivity index is 2.56. The molecule has 1 fully saturated rings. The van der Waals surface area contributed by atoms with Crippen molar-refractivity contribution in [2.45, 2.75) is 38.4 Å². The first-order valence-electron chi connectivity index (χ1n) is 5.61. The Morgan fingerprint density at radius 1 is 1.53 bits per heavy atom. The maximum atomic E-state index is 11.2. The Labute approximate surface area is 97.2 Å². The van der Waals surface area contributed by atoms with Gasteiger partial charge in [0.1, 0.15) is 0 Å². The van der Waals surface area contributed by atoms with E-state index in [1.54, 1.807) is 6.92 Å². The quantitative estimate of drug-likeness (QED) is 0.720. The zero-order valence-electron chi connectivity index (χ0n) is 9.45. The van der Waals surface area contributed by atoms with Gasteiger partial charge in [0, 0.05) is 17.2 Å². The van der Waals surface area contributed by atoms with Gasteiger partial charge in [0.05, 0.1) is 5.25 Å². The number of nitrogens with zero attached hydrogens (tertiary/aromatic N) is 1. The standard InChI is InChI=1S/C10H20ClNO2S/c1-3-6-12-7-4-5-10(8-12)9(2)15(11,13)14/h9-10H,3-8H2,1-2H3. The summed E-state index contributed by atoms with van der Waals surface area (Å²) in [6, 6.07) is 0. The van der Waals surface area contributed by atoms with Crippen molar-refractivity contribution in [2.24, 2.45) is 5.92 Å². The first-order valence-corrected chi connectivity index (χ1v) is 7.98. The van der Waals surface area contributed by atoms with Crippen LogP contribution < -0.4 is 0 Å². The summed E-state index contributed by atoms with van der Waals surface area (Å²) >= 11 is 0. The molecule has 0 amide bonds. The van der Waals surface area contributed by atoms with Crippen molar-refractivity contribution in [3.63, 3.8) is 0 Å². The molecule has 90 valence electrons. The number of rotatable bonds is 4. The average molecular weight is 254 g/mol. The Kier molecular flexibility index (Phi) is 4.87. The van der Waals surface area contributed by atoms with Crippen LogP contribution in [0.1, 0.15) is 33.1 Å². The molecule has 5 heteroatoms. The number of hydrogen-bond donors (Lipinski definition) is 0. The summed E-state index contributed by atoms with van der Waals surface area (Å²) in [4.78, 5) is 2.34. The average Bonchev–Trinajstić information content (AvgIpc) is 2.16. The van der Waals surface area contributed by atoms with E-state index in [0.29, 0.717) is 0 Å². The number of hydrogen-bond acceptors (Lipinski definition) is 3. The molecule has 15 heavy (non-hydrogen) atoms. The first kappa shape index (κ1) is 13.3. The van der Waals surface area contributed by atoms with Crippen LogP contribution in [-0.2, 0) is 9.05 Å². The maximum absolute atomic E-state index is 11.2. The lowest BCUT2D eigenvalue weighted by atomic mass is 9.95. The summed E-state index contributed by atoms with van der Waals surface area (Å²) in [6.45, 7) is 6.90. The predicted octanol–water partition coefficient (Wildman–Crippen LogP) is 2.07. The van der Waals surface area contributed by atoms with Gasteiger partial charge in [0.15, 0.2) is 0 Å². The summed E-state index contributed by atoms with van der Waals surface area (Å²) in [5.41, 5.74) is 0. The monoisotopic (exact) mass is 253 g/mol. The number of piperidine rings is 1. The highest BCUT2D eigenvalue weighted by Gasteiger charge is 2.31. The molecule has 1 heterocycles. The van der Waals surface area contributed by atoms with Gasteiger partial charge in [-0.2, -0.15) is 0 Å². The fraction of sp³-hybridized carbons (Fsp3) is 1.00. The molecule has 1 rings (SSSR count). The highest BCUT2D eigenvalue weighted by molar-refractivity contribution is 8.14. The van der Waals surface area contributed by atoms with Crippen molar-refractivity contribution in [3.05, 3.63) is 0 Å². The van der Waals surface area contributed by atoms with E-state index in [4.69, 9.17) is 10.7 Å². The van der Waals surface area contributed by atoms with E-state index in [9.17, 15) is 8.42 Å². The minimum Gasteiger partial charge on any atom is -0.303 e. The van der Waals surface area contributed by atoms with Gasteiger partial charge in [-0.1, -0.05) is 6.92 Å². The molecule has 0 aromatic carbocycles. The largest absolute Gasteiger partial charge is 0.303 e. The van der Waals surface area contributed by atoms with Crippen molar-refractivity contribution >= 4 is 19.7 Å². The second-order valence-electron chi connectivity index (χ2n) is 4.38. The van der Waals surface area contributed by atoms with Crippen LogP contribution in [0.2, 0.25) is 0 Å². The molecule has 0 radical (unpaired) electrons. The molecule has 0 bridgehead atoms. The smallest absolute Gasteiger partial charge is 0.235 e. The van der Waals surface area contributed by atoms with E-state index >= 15 is 0 Å². The van der Waals surface area contributed by atoms with Gasteiger partial charge in [-0.05, 0) is 45.2 Å². The molecule has 0 spiro atoms. The molecule has 0 saturated carbocycles. The van der Waals surface area contributed by atoms with Gasteiger partial charge in [-0.15, -0.1) is 0 Å². The minimum atomic E-state index is -3.40. The van der Waals surface area contributed by atoms with Crippen LogP contribution in [0.3, 0.4) is 0 Å². The zero-order valence-corrected chi connectivity index (χ0v) is 11.0. The van der Waals surface area contributed by atoms with Gasteiger partial charge in [0.25, 0.3) is 0 Å². The summed E-state index contributed by atoms with van der Waals surface area (Å²) in [5, 5.41) is -0.418. The summed E-state index contributed by atoms with van der Waals surface area (Å²) < 4.78 is 22.5. The molecule has 0 aliphatic carbocycles. The second-order valence-corrected chi connectivity index (χ2v) is 7.37. The van der Waals surface area contributed by atoms with Gasteiger partial charge < -0.3 is 4.90 Å². The molecule has 0 aromatic rings. The third-order valence-electron chi connectivity index (χ3n) is 3.19. The lowest BCUT2D eigenvalue weighted by molar-refractivity contribution is 0.173. The van der Waals surface area contributed by atoms with Crippen molar-refractivity contribution in [1.29, 1.82) is 0 Å². The van der Waals surface area contributed by atoms with Crippen LogP contribution in [-0.4, -0.2) is 38.2 Å². The maximum Gasteiger partial charge on any atom is 0.235 e. The SMILES string of the molecule is CCCN1CCCC(C(C)S(=O)(=O)Cl)C1. The van der Waals surface area contributed by atoms with Gasteiger partial charge in [0.2, 0.25) is 9.05 Å². The van der Waals surface area contributed by atoms with E-state index in [2.05, 4.69) is 11.8 Å². The fourth-order valence-electron chi connectivity index (χ4n) is 2.22. The minimum absolute atomic E-state index is 0.202. The van der Waals surface area contributed by atoms with Crippen LogP contribution in [0.4, 0.5) is 0 Å². The number of likely N-dealkylation sites (tertiary alicyclic amines) is 1. The summed E-state index contributed by atoms with van der Waals surface area (Å²) in [6.07, 6.45) is 3.18. The van der Waals surface area contributed by atoms with E-state index in [-0.39, 0.29) is 5.92 Å². The molecule has 1 saturated heterocycles. The normalized spacial score (nSPS) is 26.5. The molecule has 2 unspecified atom stereocenters. The molecule has 3 nitrogen and oxygen atoms in total. The van der Waals surface area contributed by atoms with E-state index in [1.807, 2.05) is 0 Å². The predicted molar refractivity (Wildman–Crippen MR) is 63.7 cm³/mol. The lowest BCUT2D eigenvalue weighted by Gasteiger charge is -2.34. The van der Waals surface area contributed by atoms with Crippen molar-refractivity contribution in [3.8, 4) is 0 Å². The van der Waals surface area contributed by atoms with Crippen LogP contribution in [0.25, 0.3) is 0 Å². The molecular weight excluding hydrogens is 234 g/mol. The van der Waals surface area contributed by atoms with E-state index in [1.165, 1.54) is 0 Å². The molecule has 2 atom stereocenters. The topological polar surface area (TPSA) is 37.4 Å². The third-order valence-corrected chi connectivity index (χ3v) is 5.31. The van der Waals surface area contributed by atoms with E-state index in [0.717, 1.165) is 38.9 Å². The van der Waals surface area contributed by atoms with Crippen LogP contribution in [0, 0.1) is 5.92 Å². The Bertz CT molecular complexity index is 290. The Hall–Kier alpha value is 0.200. The van der Waals surface area contributed by atoms with Gasteiger partial charge in [-0.25, -0.2) is 8.42 Å². The highest BCUT2D eigenvalue weighted by Crippen LogP contribution is 2.25. The van der Waals surface area contributed by atoms with Crippen molar-refractivity contribution in [2.75, 3.05) is 19.6 Å². The molecule has 0 N–H and O–H groups in total. The van der Waals surface area contributed by atoms with Gasteiger partial charge >= 0.3 is 0 Å². The summed E-state index contributed by atoms with van der Waals surface area (Å²) in [5.74, 6) is 0.202. The molecule has 1 aliphatic rings. The third kappa shape index (κ3) is 3.93. The number of halogens is 1. The zero-order chi connectivity index (χ0) is 11.5. The molecule has 1 aliphatic heterocycles. The Morgan fingerprint density at radius 2 is 2.20 bits per heavy atom. The van der Waals surface area contributed by atoms with Crippen LogP contribution >= 0.6 is 10.7 Å². The lowest BCUT2D eigenvalue weighted by Crippen LogP contribution is -2.41.